The van der Waals surface area contributed by atoms with Crippen molar-refractivity contribution in [1.29, 1.82) is 0 Å². The molecule has 1 aromatic heterocycles. The summed E-state index contributed by atoms with van der Waals surface area (Å²) in [4.78, 5) is 4.42. The van der Waals surface area contributed by atoms with Crippen LogP contribution >= 0.6 is 0 Å². The van der Waals surface area contributed by atoms with Crippen LogP contribution in [0.25, 0.3) is 0 Å². The number of aromatic nitrogens is 2. The molecule has 1 heterocycles. The van der Waals surface area contributed by atoms with Crippen LogP contribution in [-0.2, 0) is 0 Å². The van der Waals surface area contributed by atoms with Gasteiger partial charge in [-0.2, -0.15) is 4.98 Å². The molecule has 18 heavy (non-hydrogen) atoms. The Morgan fingerprint density at radius 3 is 2.44 bits per heavy atom. The minimum atomic E-state index is 0.428. The normalized spacial score (nSPS) is 25.1. The zero-order valence-electron chi connectivity index (χ0n) is 12.0. The summed E-state index contributed by atoms with van der Waals surface area (Å²) >= 11 is 0. The average Bonchev–Trinajstić information content (AvgIpc) is 2.77. The number of anilines is 1. The maximum absolute atomic E-state index is 5.18. The Hall–Kier alpha value is -1.06. The second-order valence-electron chi connectivity index (χ2n) is 6.40. The van der Waals surface area contributed by atoms with Gasteiger partial charge in [0.2, 0.25) is 0 Å². The first-order chi connectivity index (χ1) is 8.50. The Bertz CT molecular complexity index is 373. The third-order valence-corrected chi connectivity index (χ3v) is 4.09. The largest absolute Gasteiger partial charge is 0.338 e. The molecule has 1 saturated carbocycles. The molecule has 4 nitrogen and oxygen atoms in total. The first-order valence-electron chi connectivity index (χ1n) is 7.08. The fourth-order valence-electron chi connectivity index (χ4n) is 2.84. The van der Waals surface area contributed by atoms with E-state index >= 15 is 0 Å². The Balaban J connectivity index is 1.92. The highest BCUT2D eigenvalue weighted by molar-refractivity contribution is 5.18. The molecule has 4 heteroatoms. The molecule has 0 atom stereocenters. The lowest BCUT2D eigenvalue weighted by Crippen LogP contribution is -2.25. The van der Waals surface area contributed by atoms with Crippen LogP contribution in [0, 0.1) is 11.3 Å². The van der Waals surface area contributed by atoms with E-state index in [1.807, 2.05) is 6.92 Å². The molecule has 0 aliphatic heterocycles. The second-order valence-corrected chi connectivity index (χ2v) is 6.40. The monoisotopic (exact) mass is 251 g/mol. The van der Waals surface area contributed by atoms with Crippen LogP contribution in [0.5, 0.6) is 0 Å². The first kappa shape index (κ1) is 13.4. The van der Waals surface area contributed by atoms with Gasteiger partial charge in [-0.25, -0.2) is 0 Å². The van der Waals surface area contributed by atoms with Crippen LogP contribution in [0.15, 0.2) is 4.52 Å². The third-order valence-electron chi connectivity index (χ3n) is 4.09. The molecule has 102 valence electrons. The maximum atomic E-state index is 5.18. The van der Waals surface area contributed by atoms with E-state index in [4.69, 9.17) is 4.52 Å². The summed E-state index contributed by atoms with van der Waals surface area (Å²) in [6.45, 7) is 9.87. The number of hydrogen-bond acceptors (Lipinski definition) is 4. The number of hydrogen-bond donors (Lipinski definition) is 1. The summed E-state index contributed by atoms with van der Waals surface area (Å²) in [5.74, 6) is 2.20. The predicted molar refractivity (Wildman–Crippen MR) is 72.6 cm³/mol. The van der Waals surface area contributed by atoms with Gasteiger partial charge < -0.3 is 9.84 Å². The van der Waals surface area contributed by atoms with E-state index in [1.54, 1.807) is 0 Å². The molecule has 0 spiro atoms. The maximum Gasteiger partial charge on any atom is 0.321 e. The summed E-state index contributed by atoms with van der Waals surface area (Å²) < 4.78 is 5.18. The van der Waals surface area contributed by atoms with Crippen molar-refractivity contribution in [3.63, 3.8) is 0 Å². The number of nitrogens with one attached hydrogen (secondary N) is 1. The molecular formula is C14H25N3O. The highest BCUT2D eigenvalue weighted by Crippen LogP contribution is 2.42. The zero-order valence-corrected chi connectivity index (χ0v) is 12.0. The summed E-state index contributed by atoms with van der Waals surface area (Å²) in [5.41, 5.74) is 0.428. The highest BCUT2D eigenvalue weighted by Gasteiger charge is 2.31. The van der Waals surface area contributed by atoms with Crippen molar-refractivity contribution in [3.05, 3.63) is 5.82 Å². The van der Waals surface area contributed by atoms with Crippen LogP contribution in [0.2, 0.25) is 0 Å². The van der Waals surface area contributed by atoms with Crippen LogP contribution in [0.3, 0.4) is 0 Å². The van der Waals surface area contributed by atoms with Crippen molar-refractivity contribution in [1.82, 2.24) is 10.1 Å². The molecule has 0 saturated heterocycles. The number of rotatable bonds is 3. The van der Waals surface area contributed by atoms with Crippen molar-refractivity contribution in [2.45, 2.75) is 59.3 Å². The summed E-state index contributed by atoms with van der Waals surface area (Å²) in [5, 5.41) is 7.16. The van der Waals surface area contributed by atoms with Crippen molar-refractivity contribution >= 4 is 6.01 Å². The quantitative estimate of drug-likeness (QED) is 0.887. The SMILES string of the molecule is CCNc1nc(C2CCC(C(C)(C)C)CC2)no1. The van der Waals surface area contributed by atoms with Crippen molar-refractivity contribution in [3.8, 4) is 0 Å². The molecule has 0 radical (unpaired) electrons. The topological polar surface area (TPSA) is 51.0 Å². The van der Waals surface area contributed by atoms with Gasteiger partial charge in [0, 0.05) is 12.5 Å². The van der Waals surface area contributed by atoms with Gasteiger partial charge in [-0.1, -0.05) is 25.9 Å². The van der Waals surface area contributed by atoms with Gasteiger partial charge in [0.25, 0.3) is 0 Å². The molecule has 2 rings (SSSR count). The zero-order chi connectivity index (χ0) is 13.2. The van der Waals surface area contributed by atoms with Gasteiger partial charge >= 0.3 is 6.01 Å². The third kappa shape index (κ3) is 3.03. The second kappa shape index (κ2) is 5.29. The molecule has 1 aliphatic carbocycles. The van der Waals surface area contributed by atoms with Crippen LogP contribution < -0.4 is 5.32 Å². The molecular weight excluding hydrogens is 226 g/mol. The Labute approximate surface area is 110 Å². The van der Waals surface area contributed by atoms with Gasteiger partial charge in [0.15, 0.2) is 5.82 Å². The molecule has 1 aliphatic rings. The van der Waals surface area contributed by atoms with Gasteiger partial charge in [0.1, 0.15) is 0 Å². The lowest BCUT2D eigenvalue weighted by Gasteiger charge is -2.36. The molecule has 0 amide bonds. The summed E-state index contributed by atoms with van der Waals surface area (Å²) in [6, 6.07) is 0.561. The van der Waals surface area contributed by atoms with E-state index in [0.717, 1.165) is 18.3 Å². The molecule has 0 aromatic carbocycles. The smallest absolute Gasteiger partial charge is 0.321 e. The van der Waals surface area contributed by atoms with Crippen LogP contribution in [0.1, 0.15) is 65.1 Å². The van der Waals surface area contributed by atoms with Crippen molar-refractivity contribution in [2.24, 2.45) is 11.3 Å². The molecule has 1 fully saturated rings. The summed E-state index contributed by atoms with van der Waals surface area (Å²) in [7, 11) is 0. The lowest BCUT2D eigenvalue weighted by atomic mass is 9.70. The molecule has 1 N–H and O–H groups in total. The predicted octanol–water partition coefficient (Wildman–Crippen LogP) is 3.82. The van der Waals surface area contributed by atoms with Crippen LogP contribution in [0.4, 0.5) is 6.01 Å². The van der Waals surface area contributed by atoms with Crippen molar-refractivity contribution in [2.75, 3.05) is 11.9 Å². The standard InChI is InChI=1S/C14H25N3O/c1-5-15-13-16-12(17-18-13)10-6-8-11(9-7-10)14(2,3)4/h10-11H,5-9H2,1-4H3,(H,15,16,17). The van der Waals surface area contributed by atoms with E-state index in [1.165, 1.54) is 25.7 Å². The van der Waals surface area contributed by atoms with E-state index in [2.05, 4.69) is 36.2 Å². The van der Waals surface area contributed by atoms with Crippen molar-refractivity contribution < 1.29 is 4.52 Å². The Kier molecular flexibility index (Phi) is 3.93. The lowest BCUT2D eigenvalue weighted by molar-refractivity contribution is 0.166. The van der Waals surface area contributed by atoms with Gasteiger partial charge in [-0.15, -0.1) is 0 Å². The first-order valence-corrected chi connectivity index (χ1v) is 7.08. The Morgan fingerprint density at radius 2 is 1.89 bits per heavy atom. The average molecular weight is 251 g/mol. The molecule has 0 bridgehead atoms. The van der Waals surface area contributed by atoms with Gasteiger partial charge in [-0.05, 0) is 43.9 Å². The van der Waals surface area contributed by atoms with E-state index in [-0.39, 0.29) is 0 Å². The minimum Gasteiger partial charge on any atom is -0.338 e. The molecule has 1 aromatic rings. The highest BCUT2D eigenvalue weighted by atomic mass is 16.5. The van der Waals surface area contributed by atoms with Gasteiger partial charge in [-0.3, -0.25) is 0 Å². The molecule has 0 unspecified atom stereocenters. The fourth-order valence-corrected chi connectivity index (χ4v) is 2.84. The van der Waals surface area contributed by atoms with Crippen LogP contribution in [-0.4, -0.2) is 16.7 Å². The number of nitrogens with zero attached hydrogens (tertiary/aromatic N) is 2. The van der Waals surface area contributed by atoms with Gasteiger partial charge in [0.05, 0.1) is 0 Å². The minimum absolute atomic E-state index is 0.428. The van der Waals surface area contributed by atoms with E-state index < -0.39 is 0 Å². The Morgan fingerprint density at radius 1 is 1.22 bits per heavy atom. The van der Waals surface area contributed by atoms with E-state index in [0.29, 0.717) is 17.3 Å². The fraction of sp³-hybridized carbons (Fsp3) is 0.857. The summed E-state index contributed by atoms with van der Waals surface area (Å²) in [6.07, 6.45) is 4.93. The van der Waals surface area contributed by atoms with E-state index in [9.17, 15) is 0 Å².